The van der Waals surface area contributed by atoms with Gasteiger partial charge in [-0.2, -0.15) is 0 Å². The molecule has 1 heteroatoms. The van der Waals surface area contributed by atoms with E-state index >= 15 is 0 Å². The standard InChI is InChI=1S/C24H45N/c1-2-5-11-17-22(16-10-4-1)25(24-20-14-8-9-15-21-24)23-18-12-6-3-7-13-19-23/h22-24H,1-21H2. The van der Waals surface area contributed by atoms with Gasteiger partial charge in [-0.05, 0) is 38.5 Å². The summed E-state index contributed by atoms with van der Waals surface area (Å²) in [6, 6.07) is 2.78. The Balaban J connectivity index is 1.72. The van der Waals surface area contributed by atoms with Gasteiger partial charge in [-0.1, -0.05) is 96.3 Å². The van der Waals surface area contributed by atoms with Gasteiger partial charge in [0.2, 0.25) is 0 Å². The second kappa shape index (κ2) is 11.6. The van der Waals surface area contributed by atoms with Crippen LogP contribution >= 0.6 is 0 Å². The lowest BCUT2D eigenvalue weighted by molar-refractivity contribution is 0.0431. The second-order valence-electron chi connectivity index (χ2n) is 9.44. The highest BCUT2D eigenvalue weighted by Gasteiger charge is 2.32. The van der Waals surface area contributed by atoms with Crippen molar-refractivity contribution in [2.45, 2.75) is 153 Å². The molecule has 3 aliphatic rings. The minimum Gasteiger partial charge on any atom is -0.294 e. The molecule has 3 aliphatic carbocycles. The highest BCUT2D eigenvalue weighted by Crippen LogP contribution is 2.34. The Hall–Kier alpha value is -0.0400. The van der Waals surface area contributed by atoms with Crippen molar-refractivity contribution in [1.82, 2.24) is 4.90 Å². The summed E-state index contributed by atoms with van der Waals surface area (Å²) in [7, 11) is 0. The first-order chi connectivity index (χ1) is 12.4. The van der Waals surface area contributed by atoms with E-state index in [0.29, 0.717) is 0 Å². The van der Waals surface area contributed by atoms with E-state index in [-0.39, 0.29) is 0 Å². The van der Waals surface area contributed by atoms with Crippen LogP contribution in [0.5, 0.6) is 0 Å². The Bertz CT molecular complexity index is 313. The molecule has 0 saturated heterocycles. The minimum absolute atomic E-state index is 0.922. The van der Waals surface area contributed by atoms with E-state index in [9.17, 15) is 0 Å². The van der Waals surface area contributed by atoms with Crippen molar-refractivity contribution in [3.8, 4) is 0 Å². The summed E-state index contributed by atoms with van der Waals surface area (Å²) in [5.74, 6) is 0. The van der Waals surface area contributed by atoms with E-state index in [0.717, 1.165) is 18.1 Å². The predicted octanol–water partition coefficient (Wildman–Crippen LogP) is 7.63. The summed E-state index contributed by atoms with van der Waals surface area (Å²) in [5.41, 5.74) is 0. The molecule has 0 N–H and O–H groups in total. The number of hydrogen-bond acceptors (Lipinski definition) is 1. The predicted molar refractivity (Wildman–Crippen MR) is 110 cm³/mol. The minimum atomic E-state index is 0.922. The molecule has 146 valence electrons. The van der Waals surface area contributed by atoms with Crippen LogP contribution in [0.2, 0.25) is 0 Å². The molecule has 0 heterocycles. The van der Waals surface area contributed by atoms with Crippen LogP contribution in [0.1, 0.15) is 135 Å². The second-order valence-corrected chi connectivity index (χ2v) is 9.44. The average Bonchev–Trinajstić information content (AvgIpc) is 2.78. The highest BCUT2D eigenvalue weighted by atomic mass is 15.2. The van der Waals surface area contributed by atoms with Gasteiger partial charge >= 0.3 is 0 Å². The normalized spacial score (nSPS) is 27.7. The molecule has 0 atom stereocenters. The van der Waals surface area contributed by atoms with Crippen molar-refractivity contribution in [1.29, 1.82) is 0 Å². The summed E-state index contributed by atoms with van der Waals surface area (Å²) in [6.07, 6.45) is 31.5. The fraction of sp³-hybridized carbons (Fsp3) is 1.00. The van der Waals surface area contributed by atoms with Crippen molar-refractivity contribution in [2.24, 2.45) is 0 Å². The summed E-state index contributed by atoms with van der Waals surface area (Å²) >= 11 is 0. The fourth-order valence-electron chi connectivity index (χ4n) is 6.09. The number of hydrogen-bond donors (Lipinski definition) is 0. The first-order valence-electron chi connectivity index (χ1n) is 12.2. The highest BCUT2D eigenvalue weighted by molar-refractivity contribution is 4.87. The molecule has 0 amide bonds. The third kappa shape index (κ3) is 6.56. The van der Waals surface area contributed by atoms with Crippen LogP contribution in [0.15, 0.2) is 0 Å². The van der Waals surface area contributed by atoms with Crippen LogP contribution in [0.3, 0.4) is 0 Å². The fourth-order valence-corrected chi connectivity index (χ4v) is 6.09. The van der Waals surface area contributed by atoms with Crippen molar-refractivity contribution >= 4 is 0 Å². The van der Waals surface area contributed by atoms with Gasteiger partial charge in [0.1, 0.15) is 0 Å². The molecule has 0 aromatic heterocycles. The topological polar surface area (TPSA) is 3.24 Å². The van der Waals surface area contributed by atoms with Crippen molar-refractivity contribution in [3.63, 3.8) is 0 Å². The molecule has 0 bridgehead atoms. The molecule has 3 rings (SSSR count). The SMILES string of the molecule is C1CCCCC(N(C2CCCCCCC2)C2CCCCCC2)CCC1. The average molecular weight is 348 g/mol. The quantitative estimate of drug-likeness (QED) is 0.474. The van der Waals surface area contributed by atoms with Gasteiger partial charge in [-0.25, -0.2) is 0 Å². The lowest BCUT2D eigenvalue weighted by Gasteiger charge is -2.44. The monoisotopic (exact) mass is 347 g/mol. The van der Waals surface area contributed by atoms with E-state index in [4.69, 9.17) is 0 Å². The largest absolute Gasteiger partial charge is 0.294 e. The molecule has 0 aromatic carbocycles. The van der Waals surface area contributed by atoms with E-state index in [1.807, 2.05) is 0 Å². The molecule has 0 radical (unpaired) electrons. The lowest BCUT2D eigenvalue weighted by atomic mass is 9.89. The third-order valence-electron chi connectivity index (χ3n) is 7.49. The molecule has 0 unspecified atom stereocenters. The Morgan fingerprint density at radius 1 is 0.280 bits per heavy atom. The smallest absolute Gasteiger partial charge is 0.0101 e. The van der Waals surface area contributed by atoms with E-state index < -0.39 is 0 Å². The van der Waals surface area contributed by atoms with E-state index in [1.54, 1.807) is 0 Å². The van der Waals surface area contributed by atoms with Gasteiger partial charge in [-0.15, -0.1) is 0 Å². The maximum absolute atomic E-state index is 3.18. The van der Waals surface area contributed by atoms with Gasteiger partial charge in [0.25, 0.3) is 0 Å². The first kappa shape index (κ1) is 19.7. The Morgan fingerprint density at radius 3 is 0.720 bits per heavy atom. The van der Waals surface area contributed by atoms with Gasteiger partial charge in [0.05, 0.1) is 0 Å². The number of rotatable bonds is 3. The molecule has 0 spiro atoms. The summed E-state index contributed by atoms with van der Waals surface area (Å²) in [5, 5.41) is 0. The molecule has 1 nitrogen and oxygen atoms in total. The van der Waals surface area contributed by atoms with Gasteiger partial charge in [0, 0.05) is 18.1 Å². The van der Waals surface area contributed by atoms with Gasteiger partial charge in [0.15, 0.2) is 0 Å². The third-order valence-corrected chi connectivity index (χ3v) is 7.49. The molecule has 3 saturated carbocycles. The van der Waals surface area contributed by atoms with Gasteiger partial charge < -0.3 is 0 Å². The van der Waals surface area contributed by atoms with Crippen LogP contribution < -0.4 is 0 Å². The molecular weight excluding hydrogens is 302 g/mol. The van der Waals surface area contributed by atoms with Crippen LogP contribution in [-0.2, 0) is 0 Å². The van der Waals surface area contributed by atoms with Crippen molar-refractivity contribution < 1.29 is 0 Å². The Morgan fingerprint density at radius 2 is 0.480 bits per heavy atom. The van der Waals surface area contributed by atoms with Crippen LogP contribution in [0.4, 0.5) is 0 Å². The summed E-state index contributed by atoms with van der Waals surface area (Å²) in [6.45, 7) is 0. The summed E-state index contributed by atoms with van der Waals surface area (Å²) < 4.78 is 0. The maximum atomic E-state index is 3.18. The van der Waals surface area contributed by atoms with Crippen LogP contribution in [0, 0.1) is 0 Å². The molecular formula is C24H45N. The zero-order valence-electron chi connectivity index (χ0n) is 17.0. The van der Waals surface area contributed by atoms with E-state index in [2.05, 4.69) is 4.90 Å². The van der Waals surface area contributed by atoms with Crippen molar-refractivity contribution in [3.05, 3.63) is 0 Å². The molecule has 0 aliphatic heterocycles. The Kier molecular flexibility index (Phi) is 9.17. The number of nitrogens with zero attached hydrogens (tertiary/aromatic N) is 1. The van der Waals surface area contributed by atoms with E-state index in [1.165, 1.54) is 135 Å². The van der Waals surface area contributed by atoms with Crippen LogP contribution in [-0.4, -0.2) is 23.0 Å². The van der Waals surface area contributed by atoms with Crippen LogP contribution in [0.25, 0.3) is 0 Å². The zero-order chi connectivity index (χ0) is 17.2. The maximum Gasteiger partial charge on any atom is 0.0101 e. The Labute approximate surface area is 158 Å². The van der Waals surface area contributed by atoms with Crippen molar-refractivity contribution in [2.75, 3.05) is 0 Å². The molecule has 0 aromatic rings. The zero-order valence-corrected chi connectivity index (χ0v) is 17.0. The first-order valence-corrected chi connectivity index (χ1v) is 12.2. The molecule has 3 fully saturated rings. The summed E-state index contributed by atoms with van der Waals surface area (Å²) in [4.78, 5) is 3.18. The van der Waals surface area contributed by atoms with Gasteiger partial charge in [-0.3, -0.25) is 4.90 Å². The molecule has 25 heavy (non-hydrogen) atoms. The lowest BCUT2D eigenvalue weighted by Crippen LogP contribution is -2.49.